The third-order valence-electron chi connectivity index (χ3n) is 3.46. The molecule has 0 unspecified atom stereocenters. The predicted molar refractivity (Wildman–Crippen MR) is 97.3 cm³/mol. The summed E-state index contributed by atoms with van der Waals surface area (Å²) in [6.07, 6.45) is 1.62. The second kappa shape index (κ2) is 8.07. The minimum absolute atomic E-state index is 0.00320. The molecule has 26 heavy (non-hydrogen) atoms. The number of aromatic nitrogens is 1. The number of amides is 2. The van der Waals surface area contributed by atoms with Gasteiger partial charge in [-0.25, -0.2) is 17.7 Å². The number of anilines is 1. The maximum atomic E-state index is 12.2. The van der Waals surface area contributed by atoms with E-state index in [1.165, 1.54) is 38.4 Å². The van der Waals surface area contributed by atoms with Crippen LogP contribution < -0.4 is 10.6 Å². The second-order valence-corrected chi connectivity index (χ2v) is 7.92. The summed E-state index contributed by atoms with van der Waals surface area (Å²) in [5.74, 6) is -0.603. The minimum Gasteiger partial charge on any atom is -0.343 e. The summed E-state index contributed by atoms with van der Waals surface area (Å²) in [6, 6.07) is 9.08. The molecule has 0 radical (unpaired) electrons. The number of pyridine rings is 1. The van der Waals surface area contributed by atoms with Crippen LogP contribution in [-0.4, -0.2) is 50.2 Å². The van der Waals surface area contributed by atoms with Crippen molar-refractivity contribution in [2.45, 2.75) is 11.8 Å². The Labute approximate surface area is 152 Å². The van der Waals surface area contributed by atoms with Gasteiger partial charge in [-0.1, -0.05) is 12.1 Å². The fourth-order valence-corrected chi connectivity index (χ4v) is 2.95. The lowest BCUT2D eigenvalue weighted by Crippen LogP contribution is -2.33. The van der Waals surface area contributed by atoms with E-state index in [1.54, 1.807) is 18.3 Å². The van der Waals surface area contributed by atoms with Gasteiger partial charge in [0.15, 0.2) is 0 Å². The highest BCUT2D eigenvalue weighted by atomic mass is 32.2. The first kappa shape index (κ1) is 19.5. The summed E-state index contributed by atoms with van der Waals surface area (Å²) in [6.45, 7) is 1.61. The van der Waals surface area contributed by atoms with Crippen LogP contribution >= 0.6 is 0 Å². The maximum Gasteiger partial charge on any atom is 0.251 e. The van der Waals surface area contributed by atoms with Gasteiger partial charge in [-0.2, -0.15) is 0 Å². The zero-order valence-corrected chi connectivity index (χ0v) is 15.5. The number of nitrogens with one attached hydrogen (secondary N) is 2. The lowest BCUT2D eigenvalue weighted by molar-refractivity contribution is -0.115. The summed E-state index contributed by atoms with van der Waals surface area (Å²) in [5, 5.41) is 5.01. The van der Waals surface area contributed by atoms with Crippen molar-refractivity contribution < 1.29 is 18.0 Å². The predicted octanol–water partition coefficient (Wildman–Crippen LogP) is 1.01. The summed E-state index contributed by atoms with van der Waals surface area (Å²) in [5.41, 5.74) is 1.11. The maximum absolute atomic E-state index is 12.2. The molecule has 0 aliphatic carbocycles. The van der Waals surface area contributed by atoms with E-state index in [4.69, 9.17) is 0 Å². The molecule has 0 saturated heterocycles. The third-order valence-corrected chi connectivity index (χ3v) is 5.27. The topological polar surface area (TPSA) is 108 Å². The Morgan fingerprint density at radius 3 is 2.50 bits per heavy atom. The number of hydrogen-bond acceptors (Lipinski definition) is 5. The van der Waals surface area contributed by atoms with Gasteiger partial charge < -0.3 is 10.6 Å². The van der Waals surface area contributed by atoms with E-state index in [2.05, 4.69) is 15.6 Å². The molecule has 0 saturated carbocycles. The van der Waals surface area contributed by atoms with Crippen molar-refractivity contribution in [3.8, 4) is 0 Å². The highest BCUT2D eigenvalue weighted by molar-refractivity contribution is 7.89. The number of hydrogen-bond donors (Lipinski definition) is 2. The van der Waals surface area contributed by atoms with Gasteiger partial charge in [0.25, 0.3) is 5.91 Å². The number of carbonyl (C=O) groups excluding carboxylic acids is 2. The average molecular weight is 376 g/mol. The van der Waals surface area contributed by atoms with Gasteiger partial charge in [0.1, 0.15) is 5.82 Å². The molecule has 2 N–H and O–H groups in total. The number of nitrogens with zero attached hydrogens (tertiary/aromatic N) is 2. The molecule has 1 heterocycles. The summed E-state index contributed by atoms with van der Waals surface area (Å²) >= 11 is 0. The Hall–Kier alpha value is -2.78. The van der Waals surface area contributed by atoms with Gasteiger partial charge in [0, 0.05) is 25.9 Å². The smallest absolute Gasteiger partial charge is 0.251 e. The van der Waals surface area contributed by atoms with Gasteiger partial charge in [-0.15, -0.1) is 0 Å². The van der Waals surface area contributed by atoms with Crippen LogP contribution in [0.2, 0.25) is 0 Å². The molecule has 0 bridgehead atoms. The number of rotatable bonds is 6. The van der Waals surface area contributed by atoms with E-state index < -0.39 is 21.8 Å². The summed E-state index contributed by atoms with van der Waals surface area (Å²) in [4.78, 5) is 28.1. The molecule has 0 spiro atoms. The van der Waals surface area contributed by atoms with Crippen molar-refractivity contribution in [2.75, 3.05) is 26.0 Å². The zero-order valence-electron chi connectivity index (χ0n) is 14.7. The monoisotopic (exact) mass is 376 g/mol. The molecule has 8 nitrogen and oxygen atoms in total. The average Bonchev–Trinajstić information content (AvgIpc) is 2.61. The molecule has 9 heteroatoms. The van der Waals surface area contributed by atoms with Gasteiger partial charge in [-0.3, -0.25) is 9.59 Å². The lowest BCUT2D eigenvalue weighted by atomic mass is 10.2. The molecule has 1 aromatic heterocycles. The van der Waals surface area contributed by atoms with Crippen LogP contribution in [0.4, 0.5) is 5.82 Å². The van der Waals surface area contributed by atoms with Gasteiger partial charge in [0.2, 0.25) is 15.9 Å². The van der Waals surface area contributed by atoms with Crippen LogP contribution in [0.5, 0.6) is 0 Å². The first-order valence-corrected chi connectivity index (χ1v) is 9.17. The molecule has 1 aromatic carbocycles. The van der Waals surface area contributed by atoms with E-state index >= 15 is 0 Å². The van der Waals surface area contributed by atoms with Gasteiger partial charge in [0.05, 0.1) is 11.4 Å². The number of benzene rings is 1. The SMILES string of the molecule is Cc1ccc(NC(=O)CNC(=O)c2cccc(S(=O)(=O)N(C)C)c2)nc1. The van der Waals surface area contributed by atoms with Crippen LogP contribution in [0.1, 0.15) is 15.9 Å². The van der Waals surface area contributed by atoms with E-state index in [1.807, 2.05) is 6.92 Å². The van der Waals surface area contributed by atoms with Crippen molar-refractivity contribution in [1.82, 2.24) is 14.6 Å². The number of aryl methyl sites for hydroxylation is 1. The Bertz CT molecular complexity index is 909. The van der Waals surface area contributed by atoms with E-state index in [0.717, 1.165) is 9.87 Å². The number of carbonyl (C=O) groups is 2. The van der Waals surface area contributed by atoms with Crippen LogP contribution in [0.15, 0.2) is 47.5 Å². The first-order valence-electron chi connectivity index (χ1n) is 7.73. The van der Waals surface area contributed by atoms with Crippen molar-refractivity contribution in [2.24, 2.45) is 0 Å². The largest absolute Gasteiger partial charge is 0.343 e. The van der Waals surface area contributed by atoms with Crippen molar-refractivity contribution >= 4 is 27.7 Å². The van der Waals surface area contributed by atoms with Crippen molar-refractivity contribution in [3.63, 3.8) is 0 Å². The molecule has 138 valence electrons. The quantitative estimate of drug-likeness (QED) is 0.782. The van der Waals surface area contributed by atoms with Gasteiger partial charge >= 0.3 is 0 Å². The van der Waals surface area contributed by atoms with E-state index in [0.29, 0.717) is 5.82 Å². The molecule has 2 aromatic rings. The van der Waals surface area contributed by atoms with Crippen LogP contribution in [-0.2, 0) is 14.8 Å². The fourth-order valence-electron chi connectivity index (χ4n) is 2.00. The molecular formula is C17H20N4O4S. The van der Waals surface area contributed by atoms with Gasteiger partial charge in [-0.05, 0) is 36.8 Å². The standard InChI is InChI=1S/C17H20N4O4S/c1-12-7-8-15(18-10-12)20-16(22)11-19-17(23)13-5-4-6-14(9-13)26(24,25)21(2)3/h4-10H,11H2,1-3H3,(H,19,23)(H,18,20,22). The fraction of sp³-hybridized carbons (Fsp3) is 0.235. The normalized spacial score (nSPS) is 11.2. The molecule has 0 fully saturated rings. The Balaban J connectivity index is 1.99. The van der Waals surface area contributed by atoms with E-state index in [9.17, 15) is 18.0 Å². The number of sulfonamides is 1. The lowest BCUT2D eigenvalue weighted by Gasteiger charge is -2.12. The van der Waals surface area contributed by atoms with Crippen LogP contribution in [0, 0.1) is 6.92 Å². The second-order valence-electron chi connectivity index (χ2n) is 5.77. The molecule has 2 rings (SSSR count). The Morgan fingerprint density at radius 2 is 1.88 bits per heavy atom. The molecule has 2 amide bonds. The minimum atomic E-state index is -3.64. The summed E-state index contributed by atoms with van der Waals surface area (Å²) in [7, 11) is -0.826. The zero-order chi connectivity index (χ0) is 19.3. The van der Waals surface area contributed by atoms with Crippen molar-refractivity contribution in [3.05, 3.63) is 53.7 Å². The molecular weight excluding hydrogens is 356 g/mol. The van der Waals surface area contributed by atoms with Crippen molar-refractivity contribution in [1.29, 1.82) is 0 Å². The molecule has 0 atom stereocenters. The molecule has 0 aliphatic heterocycles. The molecule has 0 aliphatic rings. The van der Waals surface area contributed by atoms with Crippen LogP contribution in [0.25, 0.3) is 0 Å². The summed E-state index contributed by atoms with van der Waals surface area (Å²) < 4.78 is 25.3. The Morgan fingerprint density at radius 1 is 1.15 bits per heavy atom. The Kier molecular flexibility index (Phi) is 6.06. The highest BCUT2D eigenvalue weighted by Gasteiger charge is 2.19. The van der Waals surface area contributed by atoms with E-state index in [-0.39, 0.29) is 17.0 Å². The first-order chi connectivity index (χ1) is 12.2. The highest BCUT2D eigenvalue weighted by Crippen LogP contribution is 2.14. The third kappa shape index (κ3) is 4.87. The van der Waals surface area contributed by atoms with Crippen LogP contribution in [0.3, 0.4) is 0 Å².